The van der Waals surface area contributed by atoms with Crippen molar-refractivity contribution in [1.29, 1.82) is 0 Å². The minimum absolute atomic E-state index is 0.0118. The van der Waals surface area contributed by atoms with Crippen LogP contribution >= 0.6 is 0 Å². The van der Waals surface area contributed by atoms with Crippen molar-refractivity contribution in [1.82, 2.24) is 0 Å². The Morgan fingerprint density at radius 1 is 1.05 bits per heavy atom. The number of carbonyl (C=O) groups is 1. The molecule has 0 saturated carbocycles. The molecule has 4 nitrogen and oxygen atoms in total. The van der Waals surface area contributed by atoms with Crippen LogP contribution in [0.15, 0.2) is 24.3 Å². The SMILES string of the molecule is COC(=O)N(C)c1ccc(C(O)(C(F)(F)F)C(F)(F)F)cc1. The summed E-state index contributed by atoms with van der Waals surface area (Å²) in [4.78, 5) is 12.1. The second-order valence-corrected chi connectivity index (χ2v) is 4.28. The summed E-state index contributed by atoms with van der Waals surface area (Å²) in [6, 6.07) is 2.54. The van der Waals surface area contributed by atoms with Gasteiger partial charge in [0, 0.05) is 18.3 Å². The summed E-state index contributed by atoms with van der Waals surface area (Å²) in [5.41, 5.74) is -6.42. The molecule has 0 aliphatic rings. The number of halogens is 6. The second-order valence-electron chi connectivity index (χ2n) is 4.28. The molecule has 0 aliphatic carbocycles. The van der Waals surface area contributed by atoms with E-state index in [9.17, 15) is 36.2 Å². The predicted octanol–water partition coefficient (Wildman–Crippen LogP) is 3.20. The Kier molecular flexibility index (Phi) is 4.66. The van der Waals surface area contributed by atoms with E-state index in [0.29, 0.717) is 12.1 Å². The van der Waals surface area contributed by atoms with Gasteiger partial charge in [-0.2, -0.15) is 26.3 Å². The van der Waals surface area contributed by atoms with E-state index in [1.54, 1.807) is 0 Å². The molecule has 22 heavy (non-hydrogen) atoms. The highest BCUT2D eigenvalue weighted by molar-refractivity contribution is 5.86. The topological polar surface area (TPSA) is 49.8 Å². The highest BCUT2D eigenvalue weighted by atomic mass is 19.4. The van der Waals surface area contributed by atoms with Gasteiger partial charge in [-0.05, 0) is 12.1 Å². The number of nitrogens with zero attached hydrogens (tertiary/aromatic N) is 1. The monoisotopic (exact) mass is 331 g/mol. The Labute approximate surface area is 120 Å². The maximum atomic E-state index is 12.7. The Bertz CT molecular complexity index is 523. The van der Waals surface area contributed by atoms with E-state index in [-0.39, 0.29) is 5.69 Å². The first kappa shape index (κ1) is 18.1. The number of methoxy groups -OCH3 is 1. The number of hydrogen-bond acceptors (Lipinski definition) is 3. The lowest BCUT2D eigenvalue weighted by Gasteiger charge is -2.32. The lowest BCUT2D eigenvalue weighted by molar-refractivity contribution is -0.376. The molecule has 1 N–H and O–H groups in total. The summed E-state index contributed by atoms with van der Waals surface area (Å²) in [5, 5.41) is 9.19. The first-order chi connectivity index (χ1) is 9.86. The van der Waals surface area contributed by atoms with Crippen molar-refractivity contribution in [2.45, 2.75) is 18.0 Å². The normalized spacial score (nSPS) is 13.0. The molecule has 0 aliphatic heterocycles. The third-order valence-electron chi connectivity index (χ3n) is 2.94. The molecule has 1 rings (SSSR count). The summed E-state index contributed by atoms with van der Waals surface area (Å²) in [6.07, 6.45) is -12.8. The minimum atomic E-state index is -5.96. The van der Waals surface area contributed by atoms with Gasteiger partial charge in [-0.15, -0.1) is 0 Å². The average molecular weight is 331 g/mol. The molecule has 0 radical (unpaired) electrons. The Hall–Kier alpha value is -1.97. The van der Waals surface area contributed by atoms with Crippen molar-refractivity contribution in [2.75, 3.05) is 19.1 Å². The summed E-state index contributed by atoms with van der Waals surface area (Å²) in [5.74, 6) is 0. The number of alkyl halides is 6. The van der Waals surface area contributed by atoms with Crippen molar-refractivity contribution in [3.63, 3.8) is 0 Å². The van der Waals surface area contributed by atoms with Crippen molar-refractivity contribution in [3.8, 4) is 0 Å². The number of benzene rings is 1. The maximum absolute atomic E-state index is 12.7. The molecule has 0 saturated heterocycles. The van der Waals surface area contributed by atoms with Gasteiger partial charge >= 0.3 is 18.4 Å². The summed E-state index contributed by atoms with van der Waals surface area (Å²) < 4.78 is 80.4. The maximum Gasteiger partial charge on any atom is 0.430 e. The molecule has 0 atom stereocenters. The highest BCUT2D eigenvalue weighted by Gasteiger charge is 2.71. The first-order valence-electron chi connectivity index (χ1n) is 5.64. The molecule has 0 unspecified atom stereocenters. The largest absolute Gasteiger partial charge is 0.452 e. The lowest BCUT2D eigenvalue weighted by Crippen LogP contribution is -2.53. The van der Waals surface area contributed by atoms with E-state index in [0.717, 1.165) is 24.1 Å². The van der Waals surface area contributed by atoms with Gasteiger partial charge in [0.2, 0.25) is 0 Å². The van der Waals surface area contributed by atoms with Crippen LogP contribution in [0.4, 0.5) is 36.8 Å². The van der Waals surface area contributed by atoms with E-state index < -0.39 is 29.6 Å². The number of amides is 1. The molecular weight excluding hydrogens is 320 g/mol. The Morgan fingerprint density at radius 2 is 1.45 bits per heavy atom. The van der Waals surface area contributed by atoms with Crippen molar-refractivity contribution >= 4 is 11.8 Å². The Morgan fingerprint density at radius 3 is 1.77 bits per heavy atom. The quantitative estimate of drug-likeness (QED) is 0.847. The predicted molar refractivity (Wildman–Crippen MR) is 63.3 cm³/mol. The Balaban J connectivity index is 3.29. The van der Waals surface area contributed by atoms with E-state index in [1.165, 1.54) is 7.05 Å². The molecule has 124 valence electrons. The molecule has 0 bridgehead atoms. The molecule has 0 fully saturated rings. The van der Waals surface area contributed by atoms with E-state index >= 15 is 0 Å². The van der Waals surface area contributed by atoms with Crippen molar-refractivity contribution in [2.24, 2.45) is 0 Å². The van der Waals surface area contributed by atoms with E-state index in [1.807, 2.05) is 0 Å². The second kappa shape index (κ2) is 5.67. The van der Waals surface area contributed by atoms with Crippen LogP contribution in [0.3, 0.4) is 0 Å². The molecule has 0 heterocycles. The number of ether oxygens (including phenoxy) is 1. The average Bonchev–Trinajstić information content (AvgIpc) is 2.42. The van der Waals surface area contributed by atoms with Crippen molar-refractivity contribution in [3.05, 3.63) is 29.8 Å². The summed E-state index contributed by atoms with van der Waals surface area (Å²) in [6.45, 7) is 0. The van der Waals surface area contributed by atoms with Crippen LogP contribution in [-0.2, 0) is 10.3 Å². The van der Waals surface area contributed by atoms with Crippen LogP contribution in [0, 0.1) is 0 Å². The van der Waals surface area contributed by atoms with Crippen LogP contribution in [0.1, 0.15) is 5.56 Å². The molecule has 10 heteroatoms. The van der Waals surface area contributed by atoms with Crippen LogP contribution in [0.2, 0.25) is 0 Å². The molecule has 0 aromatic heterocycles. The van der Waals surface area contributed by atoms with Gasteiger partial charge in [-0.1, -0.05) is 12.1 Å². The third kappa shape index (κ3) is 2.96. The fraction of sp³-hybridized carbons (Fsp3) is 0.417. The molecule has 0 spiro atoms. The molecule has 1 amide bonds. The van der Waals surface area contributed by atoms with Crippen LogP contribution in [0.5, 0.6) is 0 Å². The number of carbonyl (C=O) groups excluding carboxylic acids is 1. The summed E-state index contributed by atoms with van der Waals surface area (Å²) in [7, 11) is 2.26. The fourth-order valence-corrected chi connectivity index (χ4v) is 1.66. The zero-order valence-electron chi connectivity index (χ0n) is 11.3. The third-order valence-corrected chi connectivity index (χ3v) is 2.94. The van der Waals surface area contributed by atoms with Crippen LogP contribution in [-0.4, -0.2) is 37.7 Å². The van der Waals surface area contributed by atoms with Gasteiger partial charge in [-0.25, -0.2) is 4.79 Å². The number of rotatable bonds is 2. The number of anilines is 1. The highest BCUT2D eigenvalue weighted by Crippen LogP contribution is 2.50. The van der Waals surface area contributed by atoms with Crippen LogP contribution in [0.25, 0.3) is 0 Å². The standard InChI is InChI=1S/C12H11F6NO3/c1-19(9(20)22-2)8-5-3-7(4-6-8)10(21,11(13,14)15)12(16,17)18/h3-6,21H,1-2H3. The lowest BCUT2D eigenvalue weighted by atomic mass is 9.92. The fourth-order valence-electron chi connectivity index (χ4n) is 1.66. The van der Waals surface area contributed by atoms with Gasteiger partial charge < -0.3 is 9.84 Å². The zero-order valence-corrected chi connectivity index (χ0v) is 11.3. The molecular formula is C12H11F6NO3. The zero-order chi connectivity index (χ0) is 17.3. The summed E-state index contributed by atoms with van der Waals surface area (Å²) >= 11 is 0. The van der Waals surface area contributed by atoms with Gasteiger partial charge in [0.15, 0.2) is 0 Å². The number of aliphatic hydroxyl groups is 1. The minimum Gasteiger partial charge on any atom is -0.452 e. The van der Waals surface area contributed by atoms with Crippen LogP contribution < -0.4 is 4.90 Å². The van der Waals surface area contributed by atoms with Gasteiger partial charge in [0.1, 0.15) is 0 Å². The van der Waals surface area contributed by atoms with Crippen molar-refractivity contribution < 1.29 is 41.0 Å². The first-order valence-corrected chi connectivity index (χ1v) is 5.64. The van der Waals surface area contributed by atoms with E-state index in [4.69, 9.17) is 0 Å². The smallest absolute Gasteiger partial charge is 0.430 e. The van der Waals surface area contributed by atoms with Gasteiger partial charge in [0.05, 0.1) is 7.11 Å². The van der Waals surface area contributed by atoms with Gasteiger partial charge in [-0.3, -0.25) is 4.90 Å². The molecule has 1 aromatic rings. The molecule has 1 aromatic carbocycles. The van der Waals surface area contributed by atoms with E-state index in [2.05, 4.69) is 4.74 Å². The number of hydrogen-bond donors (Lipinski definition) is 1. The van der Waals surface area contributed by atoms with Gasteiger partial charge in [0.25, 0.3) is 5.60 Å².